The third-order valence-corrected chi connectivity index (χ3v) is 3.42. The van der Waals surface area contributed by atoms with Gasteiger partial charge in [0.1, 0.15) is 17.2 Å². The van der Waals surface area contributed by atoms with Crippen molar-refractivity contribution < 1.29 is 23.8 Å². The van der Waals surface area contributed by atoms with Gasteiger partial charge in [-0.05, 0) is 36.8 Å². The standard InChI is InChI=1S/C18H20N2O5/c1-12-6-4-5-7-15(12)25-11-17(21)19-20-18(22)14-10-13(23-2)8-9-16(14)24-3/h4-10H,11H2,1-3H3,(H,19,21)(H,20,22). The number of carbonyl (C=O) groups excluding carboxylic acids is 2. The molecule has 0 spiro atoms. The number of benzene rings is 2. The average Bonchev–Trinajstić information content (AvgIpc) is 2.64. The van der Waals surface area contributed by atoms with E-state index in [9.17, 15) is 9.59 Å². The smallest absolute Gasteiger partial charge is 0.276 e. The maximum Gasteiger partial charge on any atom is 0.276 e. The summed E-state index contributed by atoms with van der Waals surface area (Å²) in [6.07, 6.45) is 0. The zero-order valence-corrected chi connectivity index (χ0v) is 14.3. The van der Waals surface area contributed by atoms with Crippen molar-refractivity contribution in [3.05, 3.63) is 53.6 Å². The molecule has 2 N–H and O–H groups in total. The summed E-state index contributed by atoms with van der Waals surface area (Å²) in [4.78, 5) is 24.1. The van der Waals surface area contributed by atoms with E-state index in [1.54, 1.807) is 18.2 Å². The Morgan fingerprint density at radius 2 is 1.72 bits per heavy atom. The molecule has 0 aliphatic carbocycles. The second kappa shape index (κ2) is 8.58. The molecule has 0 unspecified atom stereocenters. The van der Waals surface area contributed by atoms with Crippen LogP contribution < -0.4 is 25.1 Å². The van der Waals surface area contributed by atoms with E-state index < -0.39 is 11.8 Å². The Labute approximate surface area is 145 Å². The van der Waals surface area contributed by atoms with Gasteiger partial charge in [-0.3, -0.25) is 20.4 Å². The SMILES string of the molecule is COc1ccc(OC)c(C(=O)NNC(=O)COc2ccccc2C)c1. The number of ether oxygens (including phenoxy) is 3. The van der Waals surface area contributed by atoms with E-state index in [1.165, 1.54) is 20.3 Å². The van der Waals surface area contributed by atoms with Gasteiger partial charge >= 0.3 is 0 Å². The highest BCUT2D eigenvalue weighted by Gasteiger charge is 2.14. The molecule has 2 amide bonds. The predicted octanol–water partition coefficient (Wildman–Crippen LogP) is 1.85. The first kappa shape index (κ1) is 18.1. The molecule has 2 aromatic rings. The van der Waals surface area contributed by atoms with Gasteiger partial charge in [-0.25, -0.2) is 0 Å². The van der Waals surface area contributed by atoms with Gasteiger partial charge in [0.2, 0.25) is 0 Å². The number of aryl methyl sites for hydroxylation is 1. The molecule has 0 saturated heterocycles. The Bertz CT molecular complexity index is 761. The van der Waals surface area contributed by atoms with Crippen LogP contribution in [0, 0.1) is 6.92 Å². The summed E-state index contributed by atoms with van der Waals surface area (Å²) < 4.78 is 15.6. The highest BCUT2D eigenvalue weighted by Crippen LogP contribution is 2.23. The first-order valence-corrected chi connectivity index (χ1v) is 7.54. The van der Waals surface area contributed by atoms with Crippen molar-refractivity contribution in [1.29, 1.82) is 0 Å². The summed E-state index contributed by atoms with van der Waals surface area (Å²) in [5.74, 6) is 0.459. The number of hydrogen-bond acceptors (Lipinski definition) is 5. The van der Waals surface area contributed by atoms with E-state index in [2.05, 4.69) is 10.9 Å². The van der Waals surface area contributed by atoms with Gasteiger partial charge in [0.25, 0.3) is 11.8 Å². The maximum absolute atomic E-state index is 12.2. The zero-order valence-electron chi connectivity index (χ0n) is 14.3. The van der Waals surface area contributed by atoms with Crippen LogP contribution in [0.15, 0.2) is 42.5 Å². The summed E-state index contributed by atoms with van der Waals surface area (Å²) in [7, 11) is 2.95. The predicted molar refractivity (Wildman–Crippen MR) is 91.8 cm³/mol. The van der Waals surface area contributed by atoms with E-state index >= 15 is 0 Å². The van der Waals surface area contributed by atoms with E-state index in [4.69, 9.17) is 14.2 Å². The van der Waals surface area contributed by atoms with E-state index in [1.807, 2.05) is 25.1 Å². The molecular weight excluding hydrogens is 324 g/mol. The van der Waals surface area contributed by atoms with Crippen LogP contribution >= 0.6 is 0 Å². The highest BCUT2D eigenvalue weighted by atomic mass is 16.5. The van der Waals surface area contributed by atoms with Crippen molar-refractivity contribution in [3.63, 3.8) is 0 Å². The molecule has 0 aliphatic heterocycles. The van der Waals surface area contributed by atoms with Crippen molar-refractivity contribution >= 4 is 11.8 Å². The molecule has 2 aromatic carbocycles. The first-order chi connectivity index (χ1) is 12.0. The molecule has 7 nitrogen and oxygen atoms in total. The van der Waals surface area contributed by atoms with Crippen LogP contribution in [0.3, 0.4) is 0 Å². The summed E-state index contributed by atoms with van der Waals surface area (Å²) in [6, 6.07) is 12.1. The lowest BCUT2D eigenvalue weighted by Crippen LogP contribution is -2.44. The van der Waals surface area contributed by atoms with Crippen molar-refractivity contribution in [2.24, 2.45) is 0 Å². The third kappa shape index (κ3) is 4.87. The topological polar surface area (TPSA) is 85.9 Å². The molecule has 0 radical (unpaired) electrons. The number of carbonyl (C=O) groups is 2. The molecule has 0 bridgehead atoms. The van der Waals surface area contributed by atoms with Gasteiger partial charge in [-0.2, -0.15) is 0 Å². The van der Waals surface area contributed by atoms with Crippen molar-refractivity contribution in [2.45, 2.75) is 6.92 Å². The maximum atomic E-state index is 12.2. The van der Waals surface area contributed by atoms with Gasteiger partial charge in [-0.15, -0.1) is 0 Å². The lowest BCUT2D eigenvalue weighted by atomic mass is 10.2. The number of hydrazine groups is 1. The number of amides is 2. The van der Waals surface area contributed by atoms with E-state index in [0.29, 0.717) is 17.2 Å². The van der Waals surface area contributed by atoms with E-state index in [-0.39, 0.29) is 12.2 Å². The summed E-state index contributed by atoms with van der Waals surface area (Å²) >= 11 is 0. The van der Waals surface area contributed by atoms with Crippen LogP contribution in [0.25, 0.3) is 0 Å². The van der Waals surface area contributed by atoms with Crippen molar-refractivity contribution in [2.75, 3.05) is 20.8 Å². The largest absolute Gasteiger partial charge is 0.497 e. The van der Waals surface area contributed by atoms with Crippen LogP contribution in [0.4, 0.5) is 0 Å². The number of methoxy groups -OCH3 is 2. The minimum atomic E-state index is -0.528. The van der Waals surface area contributed by atoms with Crippen LogP contribution in [0.2, 0.25) is 0 Å². The Balaban J connectivity index is 1.91. The summed E-state index contributed by atoms with van der Waals surface area (Å²) in [6.45, 7) is 1.66. The average molecular weight is 344 g/mol. The normalized spacial score (nSPS) is 9.88. The minimum absolute atomic E-state index is 0.222. The van der Waals surface area contributed by atoms with Gasteiger partial charge in [0, 0.05) is 0 Å². The fourth-order valence-electron chi connectivity index (χ4n) is 2.08. The third-order valence-electron chi connectivity index (χ3n) is 3.42. The Morgan fingerprint density at radius 1 is 0.960 bits per heavy atom. The Kier molecular flexibility index (Phi) is 6.22. The molecule has 0 saturated carbocycles. The first-order valence-electron chi connectivity index (χ1n) is 7.54. The van der Waals surface area contributed by atoms with Crippen molar-refractivity contribution in [1.82, 2.24) is 10.9 Å². The van der Waals surface area contributed by atoms with Crippen LogP contribution in [0.1, 0.15) is 15.9 Å². The molecule has 0 aliphatic rings. The number of para-hydroxylation sites is 1. The number of hydrogen-bond donors (Lipinski definition) is 2. The molecule has 2 rings (SSSR count). The molecule has 132 valence electrons. The molecule has 0 aromatic heterocycles. The van der Waals surface area contributed by atoms with Gasteiger partial charge in [0.15, 0.2) is 6.61 Å². The zero-order chi connectivity index (χ0) is 18.2. The second-order valence-corrected chi connectivity index (χ2v) is 5.12. The lowest BCUT2D eigenvalue weighted by Gasteiger charge is -2.12. The fourth-order valence-corrected chi connectivity index (χ4v) is 2.08. The Hall–Kier alpha value is -3.22. The quantitative estimate of drug-likeness (QED) is 0.781. The van der Waals surface area contributed by atoms with Gasteiger partial charge in [-0.1, -0.05) is 18.2 Å². The van der Waals surface area contributed by atoms with E-state index in [0.717, 1.165) is 5.56 Å². The van der Waals surface area contributed by atoms with Crippen LogP contribution in [0.5, 0.6) is 17.2 Å². The van der Waals surface area contributed by atoms with Gasteiger partial charge in [0.05, 0.1) is 19.8 Å². The minimum Gasteiger partial charge on any atom is -0.497 e. The monoisotopic (exact) mass is 344 g/mol. The molecule has 7 heteroatoms. The lowest BCUT2D eigenvalue weighted by molar-refractivity contribution is -0.123. The highest BCUT2D eigenvalue weighted by molar-refractivity contribution is 5.98. The number of nitrogens with one attached hydrogen (secondary N) is 2. The molecule has 0 fully saturated rings. The molecular formula is C18H20N2O5. The van der Waals surface area contributed by atoms with Crippen LogP contribution in [-0.4, -0.2) is 32.6 Å². The number of rotatable bonds is 6. The Morgan fingerprint density at radius 3 is 2.40 bits per heavy atom. The second-order valence-electron chi connectivity index (χ2n) is 5.12. The van der Waals surface area contributed by atoms with Crippen molar-refractivity contribution in [3.8, 4) is 17.2 Å². The molecule has 0 heterocycles. The fraction of sp³-hybridized carbons (Fsp3) is 0.222. The molecule has 25 heavy (non-hydrogen) atoms. The summed E-state index contributed by atoms with van der Waals surface area (Å²) in [5, 5.41) is 0. The summed E-state index contributed by atoms with van der Waals surface area (Å²) in [5.41, 5.74) is 5.78. The van der Waals surface area contributed by atoms with Gasteiger partial charge < -0.3 is 14.2 Å². The van der Waals surface area contributed by atoms with Crippen LogP contribution in [-0.2, 0) is 4.79 Å². The molecule has 0 atom stereocenters.